The highest BCUT2D eigenvalue weighted by Crippen LogP contribution is 2.28. The Balaban J connectivity index is 1.84. The van der Waals surface area contributed by atoms with Crippen LogP contribution in [0.1, 0.15) is 46.0 Å². The normalized spacial score (nSPS) is 26.6. The van der Waals surface area contributed by atoms with E-state index in [9.17, 15) is 15.2 Å². The number of β-amino-alcohol motifs (C(OH)–C–C–N with tert-alkyl or cyclic N) is 1. The number of piperazine rings is 1. The molecule has 0 bridgehead atoms. The lowest BCUT2D eigenvalue weighted by atomic mass is 10.00. The number of amides is 1. The molecule has 2 rings (SSSR count). The molecule has 2 aliphatic rings. The largest absolute Gasteiger partial charge is 0.392 e. The number of nitriles is 1. The summed E-state index contributed by atoms with van der Waals surface area (Å²) in [5.74, 6) is -0.0349. The van der Waals surface area contributed by atoms with Gasteiger partial charge in [0.2, 0.25) is 5.91 Å². The summed E-state index contributed by atoms with van der Waals surface area (Å²) < 4.78 is 0. The van der Waals surface area contributed by atoms with Crippen molar-refractivity contribution in [3.63, 3.8) is 0 Å². The van der Waals surface area contributed by atoms with Crippen LogP contribution < -0.4 is 5.32 Å². The molecule has 6 heteroatoms. The van der Waals surface area contributed by atoms with Gasteiger partial charge in [-0.2, -0.15) is 5.26 Å². The van der Waals surface area contributed by atoms with E-state index in [1.807, 2.05) is 6.92 Å². The van der Waals surface area contributed by atoms with Crippen LogP contribution in [-0.4, -0.2) is 71.2 Å². The van der Waals surface area contributed by atoms with E-state index in [2.05, 4.69) is 28.1 Å². The van der Waals surface area contributed by atoms with Crippen LogP contribution in [0.15, 0.2) is 0 Å². The third-order valence-electron chi connectivity index (χ3n) is 5.08. The van der Waals surface area contributed by atoms with Gasteiger partial charge in [-0.25, -0.2) is 0 Å². The Bertz CT molecular complexity index is 440. The van der Waals surface area contributed by atoms with Gasteiger partial charge >= 0.3 is 0 Å². The van der Waals surface area contributed by atoms with Crippen LogP contribution in [0.25, 0.3) is 0 Å². The Morgan fingerprint density at radius 2 is 2.13 bits per heavy atom. The van der Waals surface area contributed by atoms with Crippen molar-refractivity contribution in [2.75, 3.05) is 32.7 Å². The first-order valence-corrected chi connectivity index (χ1v) is 8.85. The average molecular weight is 322 g/mol. The van der Waals surface area contributed by atoms with Gasteiger partial charge in [0.05, 0.1) is 18.7 Å². The van der Waals surface area contributed by atoms with Gasteiger partial charge in [0.1, 0.15) is 5.54 Å². The second kappa shape index (κ2) is 8.09. The summed E-state index contributed by atoms with van der Waals surface area (Å²) in [4.78, 5) is 16.8. The minimum Gasteiger partial charge on any atom is -0.392 e. The molecule has 0 spiro atoms. The van der Waals surface area contributed by atoms with Crippen LogP contribution in [0.4, 0.5) is 0 Å². The predicted molar refractivity (Wildman–Crippen MR) is 88.7 cm³/mol. The lowest BCUT2D eigenvalue weighted by Crippen LogP contribution is -2.57. The number of aliphatic hydroxyl groups excluding tert-OH is 1. The summed E-state index contributed by atoms with van der Waals surface area (Å²) in [6, 6.07) is 2.69. The first kappa shape index (κ1) is 18.2. The van der Waals surface area contributed by atoms with Gasteiger partial charge in [0.15, 0.2) is 0 Å². The number of aliphatic hydroxyl groups is 1. The third kappa shape index (κ3) is 4.90. The summed E-state index contributed by atoms with van der Waals surface area (Å²) in [6.45, 7) is 7.56. The molecule has 23 heavy (non-hydrogen) atoms. The van der Waals surface area contributed by atoms with Crippen LogP contribution in [0.5, 0.6) is 0 Å². The molecule has 0 aromatic heterocycles. The summed E-state index contributed by atoms with van der Waals surface area (Å²) in [5.41, 5.74) is -0.630. The van der Waals surface area contributed by atoms with Crippen molar-refractivity contribution < 1.29 is 9.90 Å². The predicted octanol–water partition coefficient (Wildman–Crippen LogP) is 0.716. The third-order valence-corrected chi connectivity index (χ3v) is 5.08. The lowest BCUT2D eigenvalue weighted by molar-refractivity contribution is -0.124. The van der Waals surface area contributed by atoms with E-state index < -0.39 is 5.54 Å². The molecule has 1 aliphatic heterocycles. The number of carbonyl (C=O) groups is 1. The van der Waals surface area contributed by atoms with Crippen molar-refractivity contribution in [2.45, 2.75) is 63.6 Å². The van der Waals surface area contributed by atoms with Crippen molar-refractivity contribution in [1.29, 1.82) is 5.26 Å². The monoisotopic (exact) mass is 322 g/mol. The number of nitrogens with zero attached hydrogens (tertiary/aromatic N) is 3. The molecule has 2 fully saturated rings. The van der Waals surface area contributed by atoms with Gasteiger partial charge in [-0.15, -0.1) is 0 Å². The molecule has 1 amide bonds. The fraction of sp³-hybridized carbons (Fsp3) is 0.882. The van der Waals surface area contributed by atoms with Gasteiger partial charge in [-0.05, 0) is 39.0 Å². The number of nitrogens with one attached hydrogen (secondary N) is 1. The van der Waals surface area contributed by atoms with E-state index >= 15 is 0 Å². The van der Waals surface area contributed by atoms with Crippen molar-refractivity contribution >= 4 is 5.91 Å². The minimum atomic E-state index is -0.630. The van der Waals surface area contributed by atoms with Crippen molar-refractivity contribution in [2.24, 2.45) is 0 Å². The SMILES string of the molecule is CCC1CN(CC(=O)NC2(C#N)CCCC2)CCN1CC(C)O. The van der Waals surface area contributed by atoms with E-state index in [4.69, 9.17) is 0 Å². The Labute approximate surface area is 139 Å². The van der Waals surface area contributed by atoms with Gasteiger partial charge in [0.25, 0.3) is 0 Å². The molecule has 0 aromatic rings. The van der Waals surface area contributed by atoms with Crippen LogP contribution in [0, 0.1) is 11.3 Å². The summed E-state index contributed by atoms with van der Waals surface area (Å²) in [6.07, 6.45) is 4.27. The summed E-state index contributed by atoms with van der Waals surface area (Å²) in [5, 5.41) is 21.9. The van der Waals surface area contributed by atoms with Gasteiger partial charge in [-0.1, -0.05) is 6.92 Å². The van der Waals surface area contributed by atoms with Crippen LogP contribution in [-0.2, 0) is 4.79 Å². The van der Waals surface area contributed by atoms with Crippen LogP contribution >= 0.6 is 0 Å². The first-order chi connectivity index (χ1) is 11.0. The first-order valence-electron chi connectivity index (χ1n) is 8.85. The quantitative estimate of drug-likeness (QED) is 0.753. The zero-order valence-corrected chi connectivity index (χ0v) is 14.4. The Hall–Kier alpha value is -1.16. The number of hydrogen-bond donors (Lipinski definition) is 2. The summed E-state index contributed by atoms with van der Waals surface area (Å²) in [7, 11) is 0. The maximum Gasteiger partial charge on any atom is 0.235 e. The average Bonchev–Trinajstić information content (AvgIpc) is 2.97. The molecule has 2 atom stereocenters. The standard InChI is InChI=1S/C17H30N4O2/c1-3-15-11-20(8-9-21(15)10-14(2)22)12-16(23)19-17(13-18)6-4-5-7-17/h14-15,22H,3-12H2,1-2H3,(H,19,23). The molecule has 2 N–H and O–H groups in total. The fourth-order valence-electron chi connectivity index (χ4n) is 3.82. The highest BCUT2D eigenvalue weighted by Gasteiger charge is 2.36. The van der Waals surface area contributed by atoms with Crippen molar-refractivity contribution in [3.05, 3.63) is 0 Å². The number of hydrogen-bond acceptors (Lipinski definition) is 5. The Morgan fingerprint density at radius 3 is 2.70 bits per heavy atom. The van der Waals surface area contributed by atoms with E-state index in [1.54, 1.807) is 0 Å². The van der Waals surface area contributed by atoms with Gasteiger partial charge in [0, 0.05) is 32.2 Å². The van der Waals surface area contributed by atoms with Gasteiger partial charge < -0.3 is 10.4 Å². The maximum absolute atomic E-state index is 12.3. The summed E-state index contributed by atoms with van der Waals surface area (Å²) >= 11 is 0. The van der Waals surface area contributed by atoms with E-state index in [0.717, 1.165) is 51.7 Å². The Kier molecular flexibility index (Phi) is 6.40. The fourth-order valence-corrected chi connectivity index (χ4v) is 3.82. The van der Waals surface area contributed by atoms with E-state index in [1.165, 1.54) is 0 Å². The highest BCUT2D eigenvalue weighted by atomic mass is 16.3. The van der Waals surface area contributed by atoms with E-state index in [-0.39, 0.29) is 12.0 Å². The molecule has 2 unspecified atom stereocenters. The topological polar surface area (TPSA) is 79.6 Å². The molecule has 1 saturated heterocycles. The highest BCUT2D eigenvalue weighted by molar-refractivity contribution is 5.79. The molecule has 6 nitrogen and oxygen atoms in total. The minimum absolute atomic E-state index is 0.0349. The molecule has 1 aliphatic carbocycles. The molecular weight excluding hydrogens is 292 g/mol. The maximum atomic E-state index is 12.3. The second-order valence-electron chi connectivity index (χ2n) is 7.09. The van der Waals surface area contributed by atoms with Gasteiger partial charge in [-0.3, -0.25) is 14.6 Å². The molecule has 0 radical (unpaired) electrons. The molecular formula is C17H30N4O2. The van der Waals surface area contributed by atoms with Crippen molar-refractivity contribution in [3.8, 4) is 6.07 Å². The Morgan fingerprint density at radius 1 is 1.43 bits per heavy atom. The van der Waals surface area contributed by atoms with Crippen LogP contribution in [0.3, 0.4) is 0 Å². The zero-order chi connectivity index (χ0) is 16.9. The number of carbonyl (C=O) groups excluding carboxylic acids is 1. The zero-order valence-electron chi connectivity index (χ0n) is 14.4. The number of rotatable bonds is 6. The molecule has 1 heterocycles. The van der Waals surface area contributed by atoms with Crippen LogP contribution in [0.2, 0.25) is 0 Å². The molecule has 0 aromatic carbocycles. The van der Waals surface area contributed by atoms with Crippen molar-refractivity contribution in [1.82, 2.24) is 15.1 Å². The lowest BCUT2D eigenvalue weighted by Gasteiger charge is -2.41. The van der Waals surface area contributed by atoms with E-state index in [0.29, 0.717) is 19.1 Å². The smallest absolute Gasteiger partial charge is 0.235 e. The molecule has 130 valence electrons. The second-order valence-corrected chi connectivity index (χ2v) is 7.09. The molecule has 1 saturated carbocycles.